The van der Waals surface area contributed by atoms with Crippen LogP contribution in [0.15, 0.2) is 12.1 Å². The third-order valence-electron chi connectivity index (χ3n) is 4.85. The van der Waals surface area contributed by atoms with Crippen LogP contribution in [-0.2, 0) is 27.9 Å². The van der Waals surface area contributed by atoms with Gasteiger partial charge in [-0.1, -0.05) is 6.92 Å². The largest absolute Gasteiger partial charge is 0.444 e. The van der Waals surface area contributed by atoms with E-state index in [0.29, 0.717) is 42.5 Å². The maximum Gasteiger partial charge on any atom is 0.407 e. The maximum atomic E-state index is 12.5. The number of rotatable bonds is 8. The molecule has 1 aliphatic heterocycles. The fourth-order valence-corrected chi connectivity index (χ4v) is 3.09. The van der Waals surface area contributed by atoms with E-state index in [4.69, 9.17) is 14.2 Å². The summed E-state index contributed by atoms with van der Waals surface area (Å²) in [4.78, 5) is 24.4. The Bertz CT molecular complexity index is 879. The predicted molar refractivity (Wildman–Crippen MR) is 107 cm³/mol. The summed E-state index contributed by atoms with van der Waals surface area (Å²) in [5.74, 6) is 0.0349. The number of carbonyl (C=O) groups is 2. The molecule has 3 rings (SSSR count). The van der Waals surface area contributed by atoms with Crippen LogP contribution in [0.3, 0.4) is 0 Å². The van der Waals surface area contributed by atoms with Crippen molar-refractivity contribution in [2.24, 2.45) is 7.05 Å². The zero-order valence-electron chi connectivity index (χ0n) is 17.6. The first-order chi connectivity index (χ1) is 14.4. The SMILES string of the molecule is CC[C@H](C)NC(=O)OC1COC(c2cc(NC(=O)c3cc(COC)nn3C)n[nH]2)C1. The molecule has 0 aromatic carbocycles. The van der Waals surface area contributed by atoms with Gasteiger partial charge in [-0.05, 0) is 19.4 Å². The molecule has 0 saturated carbocycles. The van der Waals surface area contributed by atoms with Gasteiger partial charge >= 0.3 is 6.09 Å². The molecule has 3 heterocycles. The lowest BCUT2D eigenvalue weighted by molar-refractivity contribution is 0.0679. The number of anilines is 1. The van der Waals surface area contributed by atoms with E-state index in [1.165, 1.54) is 4.68 Å². The number of aryl methyl sites for hydroxylation is 1. The van der Waals surface area contributed by atoms with Gasteiger partial charge in [-0.15, -0.1) is 0 Å². The van der Waals surface area contributed by atoms with Crippen molar-refractivity contribution in [3.05, 3.63) is 29.2 Å². The van der Waals surface area contributed by atoms with Crippen molar-refractivity contribution in [2.75, 3.05) is 19.0 Å². The van der Waals surface area contributed by atoms with Crippen molar-refractivity contribution < 1.29 is 23.8 Å². The fourth-order valence-electron chi connectivity index (χ4n) is 3.09. The van der Waals surface area contributed by atoms with Crippen molar-refractivity contribution in [3.63, 3.8) is 0 Å². The number of aromatic amines is 1. The molecule has 2 unspecified atom stereocenters. The van der Waals surface area contributed by atoms with E-state index in [9.17, 15) is 9.59 Å². The molecule has 0 aliphatic carbocycles. The van der Waals surface area contributed by atoms with Gasteiger partial charge < -0.3 is 24.8 Å². The first-order valence-electron chi connectivity index (χ1n) is 9.86. The summed E-state index contributed by atoms with van der Waals surface area (Å²) in [6.45, 7) is 4.53. The normalized spacial score (nSPS) is 19.5. The molecule has 1 fully saturated rings. The molecule has 164 valence electrons. The van der Waals surface area contributed by atoms with E-state index in [0.717, 1.165) is 6.42 Å². The average molecular weight is 420 g/mol. The van der Waals surface area contributed by atoms with Gasteiger partial charge in [0.25, 0.3) is 5.91 Å². The molecule has 2 amide bonds. The zero-order valence-corrected chi connectivity index (χ0v) is 17.6. The Labute approximate surface area is 174 Å². The second kappa shape index (κ2) is 9.72. The molecule has 3 N–H and O–H groups in total. The summed E-state index contributed by atoms with van der Waals surface area (Å²) in [6, 6.07) is 3.43. The second-order valence-corrected chi connectivity index (χ2v) is 7.28. The van der Waals surface area contributed by atoms with Crippen molar-refractivity contribution >= 4 is 17.8 Å². The van der Waals surface area contributed by atoms with Crippen LogP contribution < -0.4 is 10.6 Å². The minimum atomic E-state index is -0.444. The molecule has 0 bridgehead atoms. The van der Waals surface area contributed by atoms with Crippen LogP contribution in [0.1, 0.15) is 54.7 Å². The third-order valence-corrected chi connectivity index (χ3v) is 4.85. The van der Waals surface area contributed by atoms with Crippen LogP contribution in [0.4, 0.5) is 10.6 Å². The van der Waals surface area contributed by atoms with E-state index < -0.39 is 6.09 Å². The smallest absolute Gasteiger partial charge is 0.407 e. The summed E-state index contributed by atoms with van der Waals surface area (Å²) < 4.78 is 17.6. The van der Waals surface area contributed by atoms with Gasteiger partial charge in [0.05, 0.1) is 24.6 Å². The molecule has 0 radical (unpaired) electrons. The van der Waals surface area contributed by atoms with E-state index in [1.54, 1.807) is 26.3 Å². The van der Waals surface area contributed by atoms with E-state index in [2.05, 4.69) is 25.9 Å². The number of amides is 2. The minimum absolute atomic E-state index is 0.0550. The Kier molecular flexibility index (Phi) is 7.06. The zero-order chi connectivity index (χ0) is 21.7. The monoisotopic (exact) mass is 420 g/mol. The molecule has 0 spiro atoms. The van der Waals surface area contributed by atoms with E-state index in [-0.39, 0.29) is 24.2 Å². The first-order valence-corrected chi connectivity index (χ1v) is 9.86. The van der Waals surface area contributed by atoms with Crippen molar-refractivity contribution in [1.29, 1.82) is 0 Å². The number of aromatic nitrogens is 4. The Balaban J connectivity index is 1.54. The Morgan fingerprint density at radius 1 is 1.43 bits per heavy atom. The van der Waals surface area contributed by atoms with Gasteiger partial charge in [-0.25, -0.2) is 4.79 Å². The Hall–Kier alpha value is -2.92. The van der Waals surface area contributed by atoms with E-state index >= 15 is 0 Å². The predicted octanol–water partition coefficient (Wildman–Crippen LogP) is 1.90. The molecule has 3 atom stereocenters. The Morgan fingerprint density at radius 3 is 2.97 bits per heavy atom. The molecule has 2 aromatic heterocycles. The summed E-state index contributed by atoms with van der Waals surface area (Å²) in [7, 11) is 3.26. The van der Waals surface area contributed by atoms with Gasteiger partial charge in [0.2, 0.25) is 0 Å². The molecular weight excluding hydrogens is 392 g/mol. The van der Waals surface area contributed by atoms with Crippen LogP contribution in [0.5, 0.6) is 0 Å². The van der Waals surface area contributed by atoms with Crippen molar-refractivity contribution in [1.82, 2.24) is 25.3 Å². The van der Waals surface area contributed by atoms with Gasteiger partial charge in [-0.3, -0.25) is 14.6 Å². The molecule has 11 heteroatoms. The minimum Gasteiger partial charge on any atom is -0.444 e. The first kappa shape index (κ1) is 21.8. The van der Waals surface area contributed by atoms with Crippen molar-refractivity contribution in [3.8, 4) is 0 Å². The van der Waals surface area contributed by atoms with Crippen molar-refractivity contribution in [2.45, 2.75) is 51.5 Å². The summed E-state index contributed by atoms with van der Waals surface area (Å²) in [6.07, 6.45) is 0.253. The van der Waals surface area contributed by atoms with Gasteiger partial charge in [0.15, 0.2) is 5.82 Å². The number of hydrogen-bond acceptors (Lipinski definition) is 7. The highest BCUT2D eigenvalue weighted by molar-refractivity contribution is 6.02. The number of hydrogen-bond donors (Lipinski definition) is 3. The Morgan fingerprint density at radius 2 is 2.23 bits per heavy atom. The molecule has 11 nitrogen and oxygen atoms in total. The highest BCUT2D eigenvalue weighted by Gasteiger charge is 2.31. The van der Waals surface area contributed by atoms with Crippen LogP contribution in [-0.4, -0.2) is 57.8 Å². The maximum absolute atomic E-state index is 12.5. The van der Waals surface area contributed by atoms with Gasteiger partial charge in [-0.2, -0.15) is 10.2 Å². The molecular formula is C19H28N6O5. The number of carbonyl (C=O) groups excluding carboxylic acids is 2. The third kappa shape index (κ3) is 5.36. The van der Waals surface area contributed by atoms with E-state index in [1.807, 2.05) is 13.8 Å². The average Bonchev–Trinajstić information content (AvgIpc) is 3.42. The topological polar surface area (TPSA) is 132 Å². The van der Waals surface area contributed by atoms with Gasteiger partial charge in [0.1, 0.15) is 17.9 Å². The van der Waals surface area contributed by atoms with Crippen LogP contribution in [0.25, 0.3) is 0 Å². The fraction of sp³-hybridized carbons (Fsp3) is 0.579. The second-order valence-electron chi connectivity index (χ2n) is 7.28. The molecule has 1 aliphatic rings. The highest BCUT2D eigenvalue weighted by Crippen LogP contribution is 2.30. The summed E-state index contributed by atoms with van der Waals surface area (Å²) >= 11 is 0. The lowest BCUT2D eigenvalue weighted by Gasteiger charge is -2.14. The quantitative estimate of drug-likeness (QED) is 0.594. The number of alkyl carbamates (subject to hydrolysis) is 1. The van der Waals surface area contributed by atoms with Crippen LogP contribution in [0.2, 0.25) is 0 Å². The molecule has 2 aromatic rings. The lowest BCUT2D eigenvalue weighted by atomic mass is 10.1. The molecule has 30 heavy (non-hydrogen) atoms. The molecule has 1 saturated heterocycles. The number of methoxy groups -OCH3 is 1. The van der Waals surface area contributed by atoms with Crippen LogP contribution >= 0.6 is 0 Å². The summed E-state index contributed by atoms with van der Waals surface area (Å²) in [5, 5.41) is 16.7. The number of nitrogens with zero attached hydrogens (tertiary/aromatic N) is 3. The number of ether oxygens (including phenoxy) is 3. The highest BCUT2D eigenvalue weighted by atomic mass is 16.6. The van der Waals surface area contributed by atoms with Crippen LogP contribution in [0, 0.1) is 0 Å². The lowest BCUT2D eigenvalue weighted by Crippen LogP contribution is -2.35. The number of nitrogens with one attached hydrogen (secondary N) is 3. The summed E-state index contributed by atoms with van der Waals surface area (Å²) in [5.41, 5.74) is 1.75. The van der Waals surface area contributed by atoms with Gasteiger partial charge in [0, 0.05) is 32.7 Å². The standard InChI is InChI=1S/C19H28N6O5/c1-5-11(2)20-19(27)30-13-7-16(29-10-13)14-8-17(23-22-14)21-18(26)15-6-12(9-28-4)24-25(15)3/h6,8,11,13,16H,5,7,9-10H2,1-4H3,(H,20,27)(H2,21,22,23,26)/t11-,13?,16?/m0/s1. The number of H-pyrrole nitrogens is 1.